The Kier molecular flexibility index (Phi) is 8.04. The topological polar surface area (TPSA) is 57.2 Å². The fourth-order valence-electron chi connectivity index (χ4n) is 4.09. The fourth-order valence-corrected chi connectivity index (χ4v) is 4.09. The lowest BCUT2D eigenvalue weighted by Gasteiger charge is -2.36. The van der Waals surface area contributed by atoms with Crippen LogP contribution in [0, 0.1) is 0 Å². The van der Waals surface area contributed by atoms with E-state index in [4.69, 9.17) is 18.9 Å². The first-order valence-electron chi connectivity index (χ1n) is 11.6. The zero-order valence-corrected chi connectivity index (χ0v) is 19.7. The van der Waals surface area contributed by atoms with Crippen molar-refractivity contribution in [1.82, 2.24) is 0 Å². The van der Waals surface area contributed by atoms with E-state index in [1.54, 1.807) is 0 Å². The molecule has 0 radical (unpaired) electrons. The molecule has 0 N–H and O–H groups in total. The average Bonchev–Trinajstić information content (AvgIpc) is 2.88. The molecule has 1 aliphatic heterocycles. The molecule has 6 nitrogen and oxygen atoms in total. The number of fused-ring (bicyclic) bond motifs is 1. The first-order chi connectivity index (χ1) is 16.7. The number of anilines is 1. The Morgan fingerprint density at radius 2 is 1.74 bits per heavy atom. The maximum atomic E-state index is 11.9. The predicted octanol–water partition coefficient (Wildman–Crippen LogP) is 4.65. The highest BCUT2D eigenvalue weighted by molar-refractivity contribution is 5.75. The third kappa shape index (κ3) is 6.08. The first-order valence-corrected chi connectivity index (χ1v) is 11.6. The molecule has 2 unspecified atom stereocenters. The van der Waals surface area contributed by atoms with E-state index in [2.05, 4.69) is 35.2 Å². The summed E-state index contributed by atoms with van der Waals surface area (Å²) in [6.45, 7) is 4.29. The molecule has 6 heteroatoms. The van der Waals surface area contributed by atoms with E-state index in [9.17, 15) is 4.79 Å². The summed E-state index contributed by atoms with van der Waals surface area (Å²) in [6.07, 6.45) is -0.245. The average molecular weight is 462 g/mol. The van der Waals surface area contributed by atoms with Crippen molar-refractivity contribution in [3.63, 3.8) is 0 Å². The van der Waals surface area contributed by atoms with Crippen molar-refractivity contribution >= 4 is 11.7 Å². The Labute approximate surface area is 201 Å². The molecule has 178 valence electrons. The molecule has 0 amide bonds. The number of carbonyl (C=O) groups is 1. The number of carbonyl (C=O) groups excluding carboxylic acids is 1. The Morgan fingerprint density at radius 1 is 1.00 bits per heavy atom. The van der Waals surface area contributed by atoms with E-state index in [-0.39, 0.29) is 12.1 Å². The second kappa shape index (κ2) is 11.6. The zero-order valence-electron chi connectivity index (χ0n) is 19.7. The largest absolute Gasteiger partial charge is 0.490 e. The van der Waals surface area contributed by atoms with Crippen LogP contribution in [0.4, 0.5) is 5.69 Å². The second-order valence-corrected chi connectivity index (χ2v) is 8.20. The number of rotatable bonds is 10. The van der Waals surface area contributed by atoms with Gasteiger partial charge in [0.25, 0.3) is 0 Å². The summed E-state index contributed by atoms with van der Waals surface area (Å²) < 4.78 is 22.6. The van der Waals surface area contributed by atoms with E-state index >= 15 is 0 Å². The zero-order chi connectivity index (χ0) is 23.8. The maximum absolute atomic E-state index is 11.9. The smallest absolute Gasteiger partial charge is 0.335 e. The number of esters is 1. The molecule has 0 fully saturated rings. The van der Waals surface area contributed by atoms with E-state index in [1.807, 2.05) is 55.5 Å². The monoisotopic (exact) mass is 461 g/mol. The van der Waals surface area contributed by atoms with Gasteiger partial charge in [-0.05, 0) is 42.3 Å². The molecule has 3 aromatic carbocycles. The molecule has 0 aliphatic carbocycles. The minimum Gasteiger partial charge on any atom is -0.490 e. The standard InChI is InChI=1S/C28H31NO5/c1-3-32-27(28(30)31-2)17-21-13-15-23(16-14-21)33-20-24-19-29(18-22-9-5-4-6-10-22)25-11-7-8-12-26(25)34-24/h4-16,24,27H,3,17-20H2,1-2H3. The molecule has 0 saturated carbocycles. The molecular formula is C28H31NO5. The van der Waals surface area contributed by atoms with Gasteiger partial charge in [-0.1, -0.05) is 54.6 Å². The van der Waals surface area contributed by atoms with Crippen LogP contribution in [0.25, 0.3) is 0 Å². The molecular weight excluding hydrogens is 430 g/mol. The van der Waals surface area contributed by atoms with Gasteiger partial charge >= 0.3 is 5.97 Å². The van der Waals surface area contributed by atoms with Crippen LogP contribution < -0.4 is 14.4 Å². The quantitative estimate of drug-likeness (QED) is 0.410. The van der Waals surface area contributed by atoms with E-state index in [1.165, 1.54) is 12.7 Å². The number of ether oxygens (including phenoxy) is 4. The molecule has 0 saturated heterocycles. The SMILES string of the molecule is CCOC(Cc1ccc(OCC2CN(Cc3ccccc3)c3ccccc3O2)cc1)C(=O)OC. The number of hydrogen-bond acceptors (Lipinski definition) is 6. The van der Waals surface area contributed by atoms with Crippen LogP contribution in [-0.2, 0) is 27.2 Å². The maximum Gasteiger partial charge on any atom is 0.335 e. The van der Waals surface area contributed by atoms with Crippen LogP contribution in [-0.4, -0.2) is 45.0 Å². The summed E-state index contributed by atoms with van der Waals surface area (Å²) >= 11 is 0. The van der Waals surface area contributed by atoms with Gasteiger partial charge in [-0.2, -0.15) is 0 Å². The van der Waals surface area contributed by atoms with Crippen LogP contribution in [0.1, 0.15) is 18.1 Å². The van der Waals surface area contributed by atoms with Crippen molar-refractivity contribution in [2.24, 2.45) is 0 Å². The van der Waals surface area contributed by atoms with Crippen molar-refractivity contribution in [2.75, 3.05) is 31.8 Å². The van der Waals surface area contributed by atoms with Crippen LogP contribution >= 0.6 is 0 Å². The third-order valence-corrected chi connectivity index (χ3v) is 5.75. The molecule has 1 aliphatic rings. The Bertz CT molecular complexity index is 1050. The number of nitrogens with zero attached hydrogens (tertiary/aromatic N) is 1. The van der Waals surface area contributed by atoms with E-state index in [0.717, 1.165) is 35.8 Å². The summed E-state index contributed by atoms with van der Waals surface area (Å²) in [7, 11) is 1.37. The summed E-state index contributed by atoms with van der Waals surface area (Å²) in [6, 6.07) is 26.3. The lowest BCUT2D eigenvalue weighted by Crippen LogP contribution is -2.42. The van der Waals surface area contributed by atoms with E-state index < -0.39 is 6.10 Å². The Morgan fingerprint density at radius 3 is 2.47 bits per heavy atom. The Balaban J connectivity index is 1.37. The molecule has 0 aromatic heterocycles. The van der Waals surface area contributed by atoms with E-state index in [0.29, 0.717) is 19.6 Å². The van der Waals surface area contributed by atoms with Crippen LogP contribution in [0.3, 0.4) is 0 Å². The normalized spacial score (nSPS) is 15.7. The third-order valence-electron chi connectivity index (χ3n) is 5.75. The summed E-state index contributed by atoms with van der Waals surface area (Å²) in [4.78, 5) is 14.2. The predicted molar refractivity (Wildman–Crippen MR) is 131 cm³/mol. The molecule has 0 bridgehead atoms. The summed E-state index contributed by atoms with van der Waals surface area (Å²) in [5.41, 5.74) is 3.33. The molecule has 34 heavy (non-hydrogen) atoms. The molecule has 0 spiro atoms. The van der Waals surface area contributed by atoms with Crippen molar-refractivity contribution in [2.45, 2.75) is 32.1 Å². The van der Waals surface area contributed by atoms with Gasteiger partial charge < -0.3 is 23.8 Å². The number of benzene rings is 3. The minimum absolute atomic E-state index is 0.0973. The highest BCUT2D eigenvalue weighted by Gasteiger charge is 2.26. The van der Waals surface area contributed by atoms with Gasteiger partial charge in [0.05, 0.1) is 19.3 Å². The van der Waals surface area contributed by atoms with Crippen molar-refractivity contribution in [3.8, 4) is 11.5 Å². The van der Waals surface area contributed by atoms with Gasteiger partial charge in [-0.3, -0.25) is 0 Å². The van der Waals surface area contributed by atoms with Gasteiger partial charge in [0.2, 0.25) is 0 Å². The minimum atomic E-state index is -0.604. The lowest BCUT2D eigenvalue weighted by molar-refractivity contribution is -0.153. The first kappa shape index (κ1) is 23.6. The number of hydrogen-bond donors (Lipinski definition) is 0. The lowest BCUT2D eigenvalue weighted by atomic mass is 10.1. The van der Waals surface area contributed by atoms with Gasteiger partial charge in [0, 0.05) is 19.6 Å². The molecule has 4 rings (SSSR count). The van der Waals surface area contributed by atoms with Gasteiger partial charge in [0.1, 0.15) is 18.1 Å². The summed E-state index contributed by atoms with van der Waals surface area (Å²) in [5, 5.41) is 0. The van der Waals surface area contributed by atoms with Gasteiger partial charge in [-0.25, -0.2) is 4.79 Å². The van der Waals surface area contributed by atoms with Crippen molar-refractivity contribution < 1.29 is 23.7 Å². The number of methoxy groups -OCH3 is 1. The van der Waals surface area contributed by atoms with Crippen molar-refractivity contribution in [1.29, 1.82) is 0 Å². The highest BCUT2D eigenvalue weighted by atomic mass is 16.6. The molecule has 1 heterocycles. The summed E-state index contributed by atoms with van der Waals surface area (Å²) in [5.74, 6) is 1.27. The second-order valence-electron chi connectivity index (χ2n) is 8.20. The highest BCUT2D eigenvalue weighted by Crippen LogP contribution is 2.34. The van der Waals surface area contributed by atoms with Crippen LogP contribution in [0.15, 0.2) is 78.9 Å². The number of para-hydroxylation sites is 2. The molecule has 2 atom stereocenters. The van der Waals surface area contributed by atoms with Crippen molar-refractivity contribution in [3.05, 3.63) is 90.0 Å². The van der Waals surface area contributed by atoms with Crippen LogP contribution in [0.2, 0.25) is 0 Å². The van der Waals surface area contributed by atoms with Gasteiger partial charge in [-0.15, -0.1) is 0 Å². The molecule has 3 aromatic rings. The fraction of sp³-hybridized carbons (Fsp3) is 0.321. The van der Waals surface area contributed by atoms with Crippen LogP contribution in [0.5, 0.6) is 11.5 Å². The van der Waals surface area contributed by atoms with Gasteiger partial charge in [0.15, 0.2) is 12.2 Å². The Hall–Kier alpha value is -3.51.